The lowest BCUT2D eigenvalue weighted by Gasteiger charge is -2.06. The summed E-state index contributed by atoms with van der Waals surface area (Å²) in [4.78, 5) is 0. The van der Waals surface area contributed by atoms with Crippen LogP contribution < -0.4 is 5.73 Å². The van der Waals surface area contributed by atoms with E-state index in [9.17, 15) is 0 Å². The lowest BCUT2D eigenvalue weighted by molar-refractivity contribution is 0.120. The quantitative estimate of drug-likeness (QED) is 0.667. The number of aromatic nitrogens is 2. The Balaban J connectivity index is 2.17. The molecule has 0 radical (unpaired) electrons. The van der Waals surface area contributed by atoms with Gasteiger partial charge >= 0.3 is 0 Å². The summed E-state index contributed by atoms with van der Waals surface area (Å²) in [6.07, 6.45) is 4.08. The minimum Gasteiger partial charge on any atom is -0.380 e. The molecule has 0 fully saturated rings. The second-order valence-electron chi connectivity index (χ2n) is 3.22. The predicted molar refractivity (Wildman–Crippen MR) is 55.8 cm³/mol. The van der Waals surface area contributed by atoms with Crippen LogP contribution in [0, 0.1) is 0 Å². The van der Waals surface area contributed by atoms with Crippen LogP contribution in [0.4, 0.5) is 0 Å². The van der Waals surface area contributed by atoms with Gasteiger partial charge in [0.1, 0.15) is 0 Å². The van der Waals surface area contributed by atoms with Crippen molar-refractivity contribution in [3.8, 4) is 0 Å². The number of rotatable bonds is 7. The average Bonchev–Trinajstić information content (AvgIpc) is 2.65. The highest BCUT2D eigenvalue weighted by Gasteiger charge is 1.98. The largest absolute Gasteiger partial charge is 0.380 e. The third-order valence-corrected chi connectivity index (χ3v) is 2.10. The molecule has 4 heteroatoms. The van der Waals surface area contributed by atoms with Crippen LogP contribution in [0.5, 0.6) is 0 Å². The lowest BCUT2D eigenvalue weighted by Crippen LogP contribution is -2.13. The Labute approximate surface area is 85.0 Å². The molecule has 0 atom stereocenters. The molecular formula is C10H19N3O. The first-order chi connectivity index (χ1) is 6.88. The predicted octanol–water partition coefficient (Wildman–Crippen LogP) is 1.16. The zero-order chi connectivity index (χ0) is 10.2. The number of nitrogens with zero attached hydrogens (tertiary/aromatic N) is 2. The maximum atomic E-state index is 5.55. The van der Waals surface area contributed by atoms with E-state index in [1.54, 1.807) is 6.20 Å². The van der Waals surface area contributed by atoms with E-state index in [0.717, 1.165) is 25.3 Å². The fraction of sp³-hybridized carbons (Fsp3) is 0.700. The normalized spacial score (nSPS) is 10.7. The van der Waals surface area contributed by atoms with Crippen molar-refractivity contribution in [2.45, 2.75) is 32.9 Å². The molecule has 0 saturated carbocycles. The molecule has 0 aliphatic heterocycles. The maximum Gasteiger partial charge on any atom is 0.0662 e. The summed E-state index contributed by atoms with van der Waals surface area (Å²) >= 11 is 0. The third kappa shape index (κ3) is 3.47. The first-order valence-corrected chi connectivity index (χ1v) is 5.17. The molecule has 0 aliphatic rings. The van der Waals surface area contributed by atoms with Gasteiger partial charge in [-0.3, -0.25) is 4.68 Å². The second kappa shape index (κ2) is 6.56. The van der Waals surface area contributed by atoms with E-state index in [1.807, 2.05) is 10.7 Å². The molecule has 0 unspecified atom stereocenters. The third-order valence-electron chi connectivity index (χ3n) is 2.10. The van der Waals surface area contributed by atoms with Gasteiger partial charge in [-0.2, -0.15) is 5.10 Å². The molecule has 1 aromatic heterocycles. The van der Waals surface area contributed by atoms with Gasteiger partial charge in [-0.15, -0.1) is 0 Å². The van der Waals surface area contributed by atoms with Crippen molar-refractivity contribution in [1.82, 2.24) is 9.78 Å². The van der Waals surface area contributed by atoms with E-state index >= 15 is 0 Å². The smallest absolute Gasteiger partial charge is 0.0662 e. The van der Waals surface area contributed by atoms with Crippen molar-refractivity contribution in [2.24, 2.45) is 5.73 Å². The van der Waals surface area contributed by atoms with Crippen molar-refractivity contribution in [3.05, 3.63) is 18.0 Å². The number of unbranched alkanes of at least 4 members (excludes halogenated alkanes) is 1. The molecule has 0 spiro atoms. The summed E-state index contributed by atoms with van der Waals surface area (Å²) in [7, 11) is 0. The molecule has 1 heterocycles. The zero-order valence-corrected chi connectivity index (χ0v) is 8.78. The van der Waals surface area contributed by atoms with Gasteiger partial charge in [0.15, 0.2) is 0 Å². The molecule has 0 amide bonds. The van der Waals surface area contributed by atoms with Crippen LogP contribution in [0.15, 0.2) is 12.3 Å². The number of ether oxygens (including phenoxy) is 1. The molecule has 80 valence electrons. The number of nitrogens with two attached hydrogens (primary N) is 1. The van der Waals surface area contributed by atoms with Crippen LogP contribution >= 0.6 is 0 Å². The van der Waals surface area contributed by atoms with Crippen LogP contribution in [0.2, 0.25) is 0 Å². The van der Waals surface area contributed by atoms with Crippen molar-refractivity contribution < 1.29 is 4.74 Å². The van der Waals surface area contributed by atoms with Crippen molar-refractivity contribution >= 4 is 0 Å². The second-order valence-corrected chi connectivity index (χ2v) is 3.22. The first kappa shape index (κ1) is 11.2. The standard InChI is InChI=1S/C10H19N3O/c1-2-3-7-14-8-6-13-10(9-11)4-5-12-13/h4-5H,2-3,6-9,11H2,1H3. The highest BCUT2D eigenvalue weighted by atomic mass is 16.5. The van der Waals surface area contributed by atoms with E-state index in [2.05, 4.69) is 12.0 Å². The van der Waals surface area contributed by atoms with Gasteiger partial charge in [0, 0.05) is 19.3 Å². The summed E-state index contributed by atoms with van der Waals surface area (Å²) in [6, 6.07) is 1.94. The van der Waals surface area contributed by atoms with Gasteiger partial charge < -0.3 is 10.5 Å². The van der Waals surface area contributed by atoms with Gasteiger partial charge in [-0.25, -0.2) is 0 Å². The Bertz CT molecular complexity index is 247. The Morgan fingerprint density at radius 1 is 1.50 bits per heavy atom. The van der Waals surface area contributed by atoms with Gasteiger partial charge in [0.2, 0.25) is 0 Å². The van der Waals surface area contributed by atoms with E-state index in [4.69, 9.17) is 10.5 Å². The summed E-state index contributed by atoms with van der Waals surface area (Å²) in [6.45, 7) is 5.05. The van der Waals surface area contributed by atoms with Crippen LogP contribution in [-0.4, -0.2) is 23.0 Å². The van der Waals surface area contributed by atoms with E-state index in [1.165, 1.54) is 6.42 Å². The average molecular weight is 197 g/mol. The van der Waals surface area contributed by atoms with E-state index in [0.29, 0.717) is 13.2 Å². The molecule has 1 aromatic rings. The van der Waals surface area contributed by atoms with Gasteiger partial charge in [0.25, 0.3) is 0 Å². The fourth-order valence-corrected chi connectivity index (χ4v) is 1.23. The summed E-state index contributed by atoms with van der Waals surface area (Å²) in [5.74, 6) is 0. The Hall–Kier alpha value is -0.870. The van der Waals surface area contributed by atoms with E-state index in [-0.39, 0.29) is 0 Å². The molecule has 1 rings (SSSR count). The lowest BCUT2D eigenvalue weighted by atomic mass is 10.4. The molecule has 0 saturated heterocycles. The molecular weight excluding hydrogens is 178 g/mol. The summed E-state index contributed by atoms with van der Waals surface area (Å²) < 4.78 is 7.34. The van der Waals surface area contributed by atoms with Crippen molar-refractivity contribution in [1.29, 1.82) is 0 Å². The van der Waals surface area contributed by atoms with Gasteiger partial charge in [0.05, 0.1) is 18.8 Å². The zero-order valence-electron chi connectivity index (χ0n) is 8.78. The molecule has 0 bridgehead atoms. The monoisotopic (exact) mass is 197 g/mol. The highest BCUT2D eigenvalue weighted by Crippen LogP contribution is 1.97. The van der Waals surface area contributed by atoms with Crippen LogP contribution in [-0.2, 0) is 17.8 Å². The first-order valence-electron chi connectivity index (χ1n) is 5.17. The molecule has 14 heavy (non-hydrogen) atoms. The Kier molecular flexibility index (Phi) is 5.25. The summed E-state index contributed by atoms with van der Waals surface area (Å²) in [5, 5.41) is 4.16. The van der Waals surface area contributed by atoms with Crippen LogP contribution in [0.1, 0.15) is 25.5 Å². The Morgan fingerprint density at radius 3 is 3.07 bits per heavy atom. The molecule has 0 aromatic carbocycles. The van der Waals surface area contributed by atoms with E-state index < -0.39 is 0 Å². The molecule has 2 N–H and O–H groups in total. The molecule has 4 nitrogen and oxygen atoms in total. The van der Waals surface area contributed by atoms with Crippen molar-refractivity contribution in [2.75, 3.05) is 13.2 Å². The summed E-state index contributed by atoms with van der Waals surface area (Å²) in [5.41, 5.74) is 6.60. The fourth-order valence-electron chi connectivity index (χ4n) is 1.23. The minimum atomic E-state index is 0.537. The maximum absolute atomic E-state index is 5.55. The molecule has 0 aliphatic carbocycles. The topological polar surface area (TPSA) is 53.1 Å². The number of hydrogen-bond acceptors (Lipinski definition) is 3. The van der Waals surface area contributed by atoms with Crippen LogP contribution in [0.25, 0.3) is 0 Å². The number of hydrogen-bond donors (Lipinski definition) is 1. The highest BCUT2D eigenvalue weighted by molar-refractivity contribution is 4.99. The van der Waals surface area contributed by atoms with Crippen molar-refractivity contribution in [3.63, 3.8) is 0 Å². The SMILES string of the molecule is CCCCOCCn1nccc1CN. The van der Waals surface area contributed by atoms with Crippen LogP contribution in [0.3, 0.4) is 0 Å². The minimum absolute atomic E-state index is 0.537. The van der Waals surface area contributed by atoms with Gasteiger partial charge in [-0.05, 0) is 12.5 Å². The van der Waals surface area contributed by atoms with Gasteiger partial charge in [-0.1, -0.05) is 13.3 Å². The Morgan fingerprint density at radius 2 is 2.36 bits per heavy atom.